The quantitative estimate of drug-likeness (QED) is 0.124. The molecule has 0 N–H and O–H groups in total. The second-order valence-electron chi connectivity index (χ2n) is 22.3. The maximum absolute atomic E-state index is 3.89. The van der Waals surface area contributed by atoms with Crippen molar-refractivity contribution in [1.29, 1.82) is 0 Å². The zero-order valence-electron chi connectivity index (χ0n) is 37.5. The normalized spacial score (nSPS) is 20.7. The summed E-state index contributed by atoms with van der Waals surface area (Å²) >= 11 is -3.89. The smallest absolute Gasteiger partial charge is 0.147 e. The van der Waals surface area contributed by atoms with E-state index in [2.05, 4.69) is 166 Å². The van der Waals surface area contributed by atoms with Crippen LogP contribution in [0.5, 0.6) is 0 Å². The molecule has 4 aliphatic rings. The Labute approximate surface area is 369 Å². The number of allylic oxidation sites excluding steroid dienone is 2. The molecule has 2 fully saturated rings. The molecule has 4 aromatic rings. The Bertz CT molecular complexity index is 2120. The minimum atomic E-state index is -3.89. The molecule has 0 nitrogen and oxygen atoms in total. The second kappa shape index (κ2) is 16.3. The average Bonchev–Trinajstić information content (AvgIpc) is 3.70. The number of fused-ring (bicyclic) bond motifs is 2. The maximum Gasteiger partial charge on any atom is -0.147 e. The molecule has 0 aromatic heterocycles. The van der Waals surface area contributed by atoms with Gasteiger partial charge in [-0.25, -0.2) is 0 Å². The van der Waals surface area contributed by atoms with Gasteiger partial charge in [-0.2, -0.15) is 0 Å². The predicted molar refractivity (Wildman–Crippen MR) is 268 cm³/mol. The minimum absolute atomic E-state index is 0. The molecule has 4 aliphatic carbocycles. The Morgan fingerprint density at radius 1 is 0.552 bits per heavy atom. The van der Waals surface area contributed by atoms with E-state index >= 15 is 0 Å². The summed E-state index contributed by atoms with van der Waals surface area (Å²) in [5.74, 6) is 0. The van der Waals surface area contributed by atoms with Crippen LogP contribution in [0.3, 0.4) is 0 Å². The summed E-state index contributed by atoms with van der Waals surface area (Å²) in [6.07, 6.45) is 19.1. The first-order chi connectivity index (χ1) is 26.4. The summed E-state index contributed by atoms with van der Waals surface area (Å²) in [6.45, 7) is 22.3. The Hall–Kier alpha value is -1.53. The molecule has 8 rings (SSSR count). The molecule has 0 bridgehead atoms. The Kier molecular flexibility index (Phi) is 12.9. The van der Waals surface area contributed by atoms with Crippen molar-refractivity contribution in [2.75, 3.05) is 0 Å². The molecule has 2 saturated carbocycles. The van der Waals surface area contributed by atoms with Gasteiger partial charge in [0.15, 0.2) is 0 Å². The molecule has 0 amide bonds. The van der Waals surface area contributed by atoms with E-state index in [-0.39, 0.29) is 24.8 Å². The fourth-order valence-corrected chi connectivity index (χ4v) is 34.0. The van der Waals surface area contributed by atoms with Gasteiger partial charge in [-0.05, 0) is 0 Å². The Morgan fingerprint density at radius 2 is 0.897 bits per heavy atom. The molecule has 0 heterocycles. The van der Waals surface area contributed by atoms with E-state index in [0.29, 0.717) is 18.1 Å². The van der Waals surface area contributed by atoms with Gasteiger partial charge in [0.1, 0.15) is 0 Å². The molecule has 310 valence electrons. The SMILES string of the molecule is CCC1(CC2=Cc3c(-c4ccc([Si](C)(C)C)cc4)cccc3[CH]2[Zr]([CH3])([CH3])(=[SiH2])[CH]2C(CC3(CC)CCC3)=Cc3c(-c4ccc([Si](C)(C)C)cc4)cccc32)CCC1.Cl.Cl. The van der Waals surface area contributed by atoms with Gasteiger partial charge in [0.25, 0.3) is 0 Å². The number of halogens is 2. The van der Waals surface area contributed by atoms with Gasteiger partial charge in [0, 0.05) is 0 Å². The van der Waals surface area contributed by atoms with Crippen molar-refractivity contribution >= 4 is 70.4 Å². The topological polar surface area (TPSA) is 0 Å². The number of rotatable bonds is 12. The molecule has 0 spiro atoms. The van der Waals surface area contributed by atoms with Crippen LogP contribution in [0.25, 0.3) is 34.4 Å². The van der Waals surface area contributed by atoms with Gasteiger partial charge in [-0.1, -0.05) is 0 Å². The molecule has 2 atom stereocenters. The molecule has 6 heteroatoms. The minimum Gasteiger partial charge on any atom is -0.147 e. The van der Waals surface area contributed by atoms with Crippen LogP contribution in [0.1, 0.15) is 108 Å². The predicted octanol–water partition coefficient (Wildman–Crippen LogP) is 14.8. The molecule has 4 aromatic carbocycles. The summed E-state index contributed by atoms with van der Waals surface area (Å²) in [5, 5.41) is 3.09. The van der Waals surface area contributed by atoms with Crippen molar-refractivity contribution in [3.05, 3.63) is 118 Å². The average molecular weight is 944 g/mol. The van der Waals surface area contributed by atoms with Crippen LogP contribution in [-0.2, 0) is 17.4 Å². The van der Waals surface area contributed by atoms with Crippen LogP contribution >= 0.6 is 24.8 Å². The third-order valence-corrected chi connectivity index (χ3v) is 37.4. The first-order valence-corrected chi connectivity index (χ1v) is 43.0. The molecule has 58 heavy (non-hydrogen) atoms. The Balaban J connectivity index is 0.00000283. The molecule has 0 aliphatic heterocycles. The van der Waals surface area contributed by atoms with E-state index in [1.54, 1.807) is 43.8 Å². The maximum atomic E-state index is 2.91. The van der Waals surface area contributed by atoms with Gasteiger partial charge in [-0.3, -0.25) is 0 Å². The van der Waals surface area contributed by atoms with E-state index in [9.17, 15) is 0 Å². The summed E-state index contributed by atoms with van der Waals surface area (Å²) in [7, 11) is -2.75. The van der Waals surface area contributed by atoms with Crippen LogP contribution in [0.2, 0.25) is 48.5 Å². The number of hydrogen-bond donors (Lipinski definition) is 0. The zero-order chi connectivity index (χ0) is 39.9. The van der Waals surface area contributed by atoms with E-state index in [1.807, 2.05) is 0 Å². The molecule has 0 saturated heterocycles. The molecular formula is C52H72Cl2Si3Zr. The van der Waals surface area contributed by atoms with Crippen molar-refractivity contribution < 1.29 is 17.4 Å². The van der Waals surface area contributed by atoms with Crippen LogP contribution in [0.4, 0.5) is 0 Å². The largest absolute Gasteiger partial charge is 0.147 e. The van der Waals surface area contributed by atoms with Gasteiger partial charge in [0.2, 0.25) is 0 Å². The van der Waals surface area contributed by atoms with E-state index in [1.165, 1.54) is 86.5 Å². The summed E-state index contributed by atoms with van der Waals surface area (Å²) < 4.78 is 6.91. The Morgan fingerprint density at radius 3 is 1.17 bits per heavy atom. The van der Waals surface area contributed by atoms with Crippen molar-refractivity contribution in [2.45, 2.75) is 134 Å². The van der Waals surface area contributed by atoms with Gasteiger partial charge < -0.3 is 0 Å². The summed E-state index contributed by atoms with van der Waals surface area (Å²) in [5.41, 5.74) is 16.6. The van der Waals surface area contributed by atoms with E-state index in [4.69, 9.17) is 0 Å². The van der Waals surface area contributed by atoms with Crippen LogP contribution in [0, 0.1) is 10.8 Å². The van der Waals surface area contributed by atoms with Crippen molar-refractivity contribution in [3.8, 4) is 22.3 Å². The first kappa shape index (κ1) is 46.0. The summed E-state index contributed by atoms with van der Waals surface area (Å²) in [4.78, 5) is 0. The van der Waals surface area contributed by atoms with Gasteiger partial charge >= 0.3 is 348 Å². The van der Waals surface area contributed by atoms with Crippen LogP contribution in [-0.4, -0.2) is 23.0 Å². The van der Waals surface area contributed by atoms with Crippen LogP contribution in [0.15, 0.2) is 96.1 Å². The second-order valence-corrected chi connectivity index (χ2v) is 62.9. The number of hydrogen-bond acceptors (Lipinski definition) is 0. The fraction of sp³-hybridized carbons (Fsp3) is 0.462. The van der Waals surface area contributed by atoms with Gasteiger partial charge in [0.05, 0.1) is 0 Å². The summed E-state index contributed by atoms with van der Waals surface area (Å²) in [6, 6.07) is 34.4. The first-order valence-electron chi connectivity index (χ1n) is 22.3. The van der Waals surface area contributed by atoms with Gasteiger partial charge in [-0.15, -0.1) is 24.8 Å². The molecular weight excluding hydrogens is 871 g/mol. The van der Waals surface area contributed by atoms with Crippen LogP contribution < -0.4 is 10.4 Å². The van der Waals surface area contributed by atoms with E-state index < -0.39 is 33.5 Å². The zero-order valence-corrected chi connectivity index (χ0v) is 45.0. The van der Waals surface area contributed by atoms with Crippen molar-refractivity contribution in [2.24, 2.45) is 10.8 Å². The molecule has 2 unspecified atom stereocenters. The monoisotopic (exact) mass is 940 g/mol. The number of benzene rings is 4. The van der Waals surface area contributed by atoms with Crippen molar-refractivity contribution in [3.63, 3.8) is 0 Å². The third kappa shape index (κ3) is 8.12. The molecule has 0 radical (unpaired) electrons. The standard InChI is InChI=1S/2C25H31Si.2CH3.2ClH.H2Si.Zr/c2*1-5-25(14-7-15-25)18-19-16-21-8-6-9-23(24(21)17-19)20-10-12-22(13-11-20)26(2,3)4;;;;;;/h2*6,8-13,16-17H,5,7,14-15,18H2,1-4H3;2*1H3;2*1H;1H2;. The van der Waals surface area contributed by atoms with E-state index in [0.717, 1.165) is 0 Å². The fourth-order valence-electron chi connectivity index (χ4n) is 12.0. The third-order valence-electron chi connectivity index (χ3n) is 15.8. The van der Waals surface area contributed by atoms with Crippen molar-refractivity contribution in [1.82, 2.24) is 0 Å².